The molecule has 0 radical (unpaired) electrons. The maximum atomic E-state index is 12.7. The van der Waals surface area contributed by atoms with Crippen molar-refractivity contribution in [3.05, 3.63) is 18.3 Å². The Labute approximate surface area is 151 Å². The van der Waals surface area contributed by atoms with Crippen LogP contribution in [0.1, 0.15) is 12.8 Å². The van der Waals surface area contributed by atoms with Crippen molar-refractivity contribution in [2.24, 2.45) is 5.92 Å². The van der Waals surface area contributed by atoms with Crippen LogP contribution in [-0.4, -0.2) is 87.4 Å². The second kappa shape index (κ2) is 7.99. The first-order valence-electron chi connectivity index (χ1n) is 9.02. The summed E-state index contributed by atoms with van der Waals surface area (Å²) in [6.45, 7) is 5.75. The molecule has 2 fully saturated rings. The number of piperidine rings is 1. The van der Waals surface area contributed by atoms with Crippen molar-refractivity contribution >= 4 is 15.8 Å². The van der Waals surface area contributed by atoms with Gasteiger partial charge in [-0.2, -0.15) is 4.31 Å². The summed E-state index contributed by atoms with van der Waals surface area (Å²) in [5.41, 5.74) is 0. The summed E-state index contributed by atoms with van der Waals surface area (Å²) in [6, 6.07) is 3.44. The van der Waals surface area contributed by atoms with Gasteiger partial charge < -0.3 is 15.1 Å². The van der Waals surface area contributed by atoms with E-state index in [4.69, 9.17) is 0 Å². The molecule has 140 valence electrons. The van der Waals surface area contributed by atoms with Crippen LogP contribution in [0.3, 0.4) is 0 Å². The lowest BCUT2D eigenvalue weighted by Crippen LogP contribution is -2.47. The second-order valence-electron chi connectivity index (χ2n) is 7.24. The fourth-order valence-corrected chi connectivity index (χ4v) is 4.87. The van der Waals surface area contributed by atoms with Crippen molar-refractivity contribution in [2.75, 3.05) is 65.2 Å². The Morgan fingerprint density at radius 2 is 1.88 bits per heavy atom. The summed E-state index contributed by atoms with van der Waals surface area (Å²) < 4.78 is 26.9. The molecule has 2 aliphatic heterocycles. The van der Waals surface area contributed by atoms with Crippen LogP contribution < -0.4 is 5.32 Å². The van der Waals surface area contributed by atoms with Gasteiger partial charge in [0.05, 0.1) is 0 Å². The van der Waals surface area contributed by atoms with Gasteiger partial charge in [-0.1, -0.05) is 0 Å². The van der Waals surface area contributed by atoms with Gasteiger partial charge >= 0.3 is 0 Å². The number of likely N-dealkylation sites (N-methyl/N-ethyl adjacent to an activating group) is 1. The molecule has 2 saturated heterocycles. The van der Waals surface area contributed by atoms with E-state index in [0.29, 0.717) is 19.0 Å². The summed E-state index contributed by atoms with van der Waals surface area (Å²) in [7, 11) is 0.730. The van der Waals surface area contributed by atoms with Gasteiger partial charge in [-0.05, 0) is 51.5 Å². The molecule has 3 rings (SSSR count). The summed E-state index contributed by atoms with van der Waals surface area (Å²) in [6.07, 6.45) is 3.94. The van der Waals surface area contributed by atoms with Crippen LogP contribution in [0.2, 0.25) is 0 Å². The van der Waals surface area contributed by atoms with E-state index in [1.165, 1.54) is 25.6 Å². The van der Waals surface area contributed by atoms with Crippen molar-refractivity contribution in [1.29, 1.82) is 0 Å². The Morgan fingerprint density at radius 1 is 1.12 bits per heavy atom. The van der Waals surface area contributed by atoms with Crippen LogP contribution in [0.5, 0.6) is 0 Å². The highest BCUT2D eigenvalue weighted by Gasteiger charge is 2.27. The molecule has 8 heteroatoms. The van der Waals surface area contributed by atoms with E-state index < -0.39 is 10.0 Å². The smallest absolute Gasteiger partial charge is 0.244 e. The van der Waals surface area contributed by atoms with Crippen molar-refractivity contribution in [3.8, 4) is 0 Å². The lowest BCUT2D eigenvalue weighted by molar-refractivity contribution is 0.217. The first-order valence-corrected chi connectivity index (χ1v) is 10.5. The highest BCUT2D eigenvalue weighted by molar-refractivity contribution is 7.89. The van der Waals surface area contributed by atoms with Crippen LogP contribution >= 0.6 is 0 Å². The molecule has 0 aliphatic carbocycles. The number of pyridine rings is 1. The Morgan fingerprint density at radius 3 is 2.52 bits per heavy atom. The minimum absolute atomic E-state index is 0.278. The number of nitrogens with one attached hydrogen (secondary N) is 1. The number of hydrogen-bond donors (Lipinski definition) is 1. The molecule has 0 aromatic carbocycles. The Balaban J connectivity index is 1.58. The lowest BCUT2D eigenvalue weighted by atomic mass is 9.98. The molecule has 1 aromatic heterocycles. The molecule has 7 nitrogen and oxygen atoms in total. The van der Waals surface area contributed by atoms with Crippen LogP contribution in [0.25, 0.3) is 0 Å². The molecular weight excluding hydrogens is 338 g/mol. The van der Waals surface area contributed by atoms with Gasteiger partial charge in [0, 0.05) is 45.5 Å². The average Bonchev–Trinajstić information content (AvgIpc) is 2.61. The minimum Gasteiger partial charge on any atom is -0.370 e. The van der Waals surface area contributed by atoms with Gasteiger partial charge in [-0.3, -0.25) is 0 Å². The Hall–Kier alpha value is -1.22. The molecule has 0 spiro atoms. The zero-order valence-electron chi connectivity index (χ0n) is 15.2. The van der Waals surface area contributed by atoms with Crippen LogP contribution in [0, 0.1) is 5.92 Å². The van der Waals surface area contributed by atoms with E-state index in [0.717, 1.165) is 32.0 Å². The molecule has 3 heterocycles. The van der Waals surface area contributed by atoms with Gasteiger partial charge in [0.25, 0.3) is 0 Å². The minimum atomic E-state index is -3.44. The predicted octanol–water partition coefficient (Wildman–Crippen LogP) is 0.771. The van der Waals surface area contributed by atoms with E-state index in [1.807, 2.05) is 7.05 Å². The number of aromatic nitrogens is 1. The number of sulfonamides is 1. The Kier molecular flexibility index (Phi) is 5.93. The van der Waals surface area contributed by atoms with E-state index in [2.05, 4.69) is 27.1 Å². The number of anilines is 1. The van der Waals surface area contributed by atoms with Gasteiger partial charge in [-0.15, -0.1) is 0 Å². The third kappa shape index (κ3) is 4.69. The zero-order valence-corrected chi connectivity index (χ0v) is 16.0. The molecular formula is C17H29N5O2S. The number of likely N-dealkylation sites (tertiary alicyclic amines) is 1. The molecule has 2 aliphatic rings. The van der Waals surface area contributed by atoms with Crippen molar-refractivity contribution in [1.82, 2.24) is 19.1 Å². The van der Waals surface area contributed by atoms with E-state index >= 15 is 0 Å². The molecule has 0 saturated carbocycles. The van der Waals surface area contributed by atoms with E-state index in [9.17, 15) is 8.42 Å². The number of rotatable bonds is 5. The number of nitrogens with zero attached hydrogens (tertiary/aromatic N) is 4. The van der Waals surface area contributed by atoms with Gasteiger partial charge in [-0.25, -0.2) is 13.4 Å². The average molecular weight is 368 g/mol. The maximum Gasteiger partial charge on any atom is 0.244 e. The molecule has 1 aromatic rings. The van der Waals surface area contributed by atoms with E-state index in [1.54, 1.807) is 16.4 Å². The normalized spacial score (nSPS) is 24.3. The molecule has 0 amide bonds. The highest BCUT2D eigenvalue weighted by Crippen LogP contribution is 2.19. The maximum absolute atomic E-state index is 12.7. The largest absolute Gasteiger partial charge is 0.370 e. The van der Waals surface area contributed by atoms with E-state index in [-0.39, 0.29) is 4.90 Å². The summed E-state index contributed by atoms with van der Waals surface area (Å²) >= 11 is 0. The molecule has 0 bridgehead atoms. The third-order valence-electron chi connectivity index (χ3n) is 5.13. The third-order valence-corrected chi connectivity index (χ3v) is 7.01. The van der Waals surface area contributed by atoms with Crippen molar-refractivity contribution in [3.63, 3.8) is 0 Å². The second-order valence-corrected chi connectivity index (χ2v) is 9.18. The van der Waals surface area contributed by atoms with Crippen LogP contribution in [-0.2, 0) is 10.0 Å². The SMILES string of the molecule is CN1CCN(S(=O)(=O)c2ccc(NCC3CCCN(C)C3)nc2)CC1. The Bertz CT molecular complexity index is 656. The fourth-order valence-electron chi connectivity index (χ4n) is 3.50. The van der Waals surface area contributed by atoms with Gasteiger partial charge in [0.1, 0.15) is 10.7 Å². The molecule has 25 heavy (non-hydrogen) atoms. The van der Waals surface area contributed by atoms with Gasteiger partial charge in [0.15, 0.2) is 0 Å². The summed E-state index contributed by atoms with van der Waals surface area (Å²) in [5, 5.41) is 3.35. The lowest BCUT2D eigenvalue weighted by Gasteiger charge is -2.31. The van der Waals surface area contributed by atoms with Crippen molar-refractivity contribution in [2.45, 2.75) is 17.7 Å². The molecule has 1 atom stereocenters. The van der Waals surface area contributed by atoms with Gasteiger partial charge in [0.2, 0.25) is 10.0 Å². The fraction of sp³-hybridized carbons (Fsp3) is 0.706. The van der Waals surface area contributed by atoms with Crippen molar-refractivity contribution < 1.29 is 8.42 Å². The first kappa shape index (κ1) is 18.6. The first-order chi connectivity index (χ1) is 11.9. The quantitative estimate of drug-likeness (QED) is 0.829. The summed E-state index contributed by atoms with van der Waals surface area (Å²) in [4.78, 5) is 9.09. The predicted molar refractivity (Wildman–Crippen MR) is 99.2 cm³/mol. The highest BCUT2D eigenvalue weighted by atomic mass is 32.2. The van der Waals surface area contributed by atoms with Crippen LogP contribution in [0.15, 0.2) is 23.2 Å². The standard InChI is InChI=1S/C17H29N5O2S/c1-20-8-10-22(11-9-20)25(23,24)16-5-6-17(19-13-16)18-12-15-4-3-7-21(2)14-15/h5-6,13,15H,3-4,7-12,14H2,1-2H3,(H,18,19). The topological polar surface area (TPSA) is 68.8 Å². The molecule has 1 unspecified atom stereocenters. The monoisotopic (exact) mass is 367 g/mol. The molecule has 1 N–H and O–H groups in total. The number of piperazine rings is 1. The summed E-state index contributed by atoms with van der Waals surface area (Å²) in [5.74, 6) is 1.36. The zero-order chi connectivity index (χ0) is 17.9. The number of hydrogen-bond acceptors (Lipinski definition) is 6. The van der Waals surface area contributed by atoms with Crippen LogP contribution in [0.4, 0.5) is 5.82 Å².